The highest BCUT2D eigenvalue weighted by atomic mass is 33.1. The van der Waals surface area contributed by atoms with Crippen molar-refractivity contribution < 1.29 is 0 Å². The van der Waals surface area contributed by atoms with Crippen molar-refractivity contribution in [1.82, 2.24) is 9.80 Å². The van der Waals surface area contributed by atoms with Gasteiger partial charge in [0.25, 0.3) is 0 Å². The lowest BCUT2D eigenvalue weighted by molar-refractivity contribution is 0.290. The highest BCUT2D eigenvalue weighted by Gasteiger charge is 2.35. The van der Waals surface area contributed by atoms with E-state index in [1.165, 1.54) is 217 Å². The van der Waals surface area contributed by atoms with Gasteiger partial charge in [0, 0.05) is 24.6 Å². The maximum absolute atomic E-state index is 2.63. The van der Waals surface area contributed by atoms with Crippen molar-refractivity contribution in [3.8, 4) is 0 Å². The summed E-state index contributed by atoms with van der Waals surface area (Å²) in [6.07, 6.45) is 45.3. The fourth-order valence-electron chi connectivity index (χ4n) is 7.87. The Balaban J connectivity index is 2.11. The van der Waals surface area contributed by atoms with Gasteiger partial charge in [0.1, 0.15) is 0 Å². The van der Waals surface area contributed by atoms with Crippen molar-refractivity contribution >= 4 is 21.6 Å². The van der Waals surface area contributed by atoms with Gasteiger partial charge in [-0.2, -0.15) is 0 Å². The molecule has 4 heteroatoms. The SMILES string of the molecule is CCCCCCCCCC(CCCCCCCC1CC1CCCCCCCC)CCN(C)CCSSCCN(C)CCCCCCCCC. The summed E-state index contributed by atoms with van der Waals surface area (Å²) in [6, 6.07) is 0. The van der Waals surface area contributed by atoms with Crippen LogP contribution in [-0.2, 0) is 0 Å². The smallest absolute Gasteiger partial charge is 0.0165 e. The molecular weight excluding hydrogens is 633 g/mol. The van der Waals surface area contributed by atoms with Crippen molar-refractivity contribution in [1.29, 1.82) is 0 Å². The van der Waals surface area contributed by atoms with Crippen LogP contribution < -0.4 is 0 Å². The average Bonchev–Trinajstić information content (AvgIpc) is 3.86. The molecule has 1 aliphatic rings. The van der Waals surface area contributed by atoms with E-state index in [0.717, 1.165) is 17.8 Å². The van der Waals surface area contributed by atoms with Crippen LogP contribution in [-0.4, -0.2) is 61.6 Å². The molecule has 0 radical (unpaired) electrons. The molecule has 0 saturated heterocycles. The summed E-state index contributed by atoms with van der Waals surface area (Å²) in [5, 5.41) is 0. The molecule has 0 aromatic rings. The van der Waals surface area contributed by atoms with Gasteiger partial charge in [0.05, 0.1) is 0 Å². The van der Waals surface area contributed by atoms with Crippen molar-refractivity contribution in [3.63, 3.8) is 0 Å². The Hall–Kier alpha value is 0.620. The van der Waals surface area contributed by atoms with E-state index in [9.17, 15) is 0 Å². The van der Waals surface area contributed by atoms with Gasteiger partial charge in [0.15, 0.2) is 0 Å². The van der Waals surface area contributed by atoms with Gasteiger partial charge in [-0.05, 0) is 64.2 Å². The Kier molecular flexibility index (Phi) is 35.9. The van der Waals surface area contributed by atoms with Crippen LogP contribution in [0.3, 0.4) is 0 Å². The summed E-state index contributed by atoms with van der Waals surface area (Å²) in [5.41, 5.74) is 0. The molecule has 1 aliphatic carbocycles. The summed E-state index contributed by atoms with van der Waals surface area (Å²) < 4.78 is 0. The molecule has 0 aromatic heterocycles. The predicted octanol–water partition coefficient (Wildman–Crippen LogP) is 15.2. The molecule has 49 heavy (non-hydrogen) atoms. The second kappa shape index (κ2) is 37.0. The van der Waals surface area contributed by atoms with Crippen LogP contribution in [0.25, 0.3) is 0 Å². The van der Waals surface area contributed by atoms with Crippen molar-refractivity contribution in [2.45, 2.75) is 220 Å². The van der Waals surface area contributed by atoms with Crippen LogP contribution in [0, 0.1) is 17.8 Å². The minimum atomic E-state index is 0.959. The van der Waals surface area contributed by atoms with Gasteiger partial charge in [-0.3, -0.25) is 0 Å². The third kappa shape index (κ3) is 33.0. The van der Waals surface area contributed by atoms with Crippen molar-refractivity contribution in [2.24, 2.45) is 17.8 Å². The molecule has 1 rings (SSSR count). The molecule has 0 bridgehead atoms. The maximum Gasteiger partial charge on any atom is 0.0165 e. The van der Waals surface area contributed by atoms with Crippen LogP contribution in [0.1, 0.15) is 220 Å². The van der Waals surface area contributed by atoms with Gasteiger partial charge in [-0.1, -0.05) is 222 Å². The zero-order valence-electron chi connectivity index (χ0n) is 34.6. The summed E-state index contributed by atoms with van der Waals surface area (Å²) in [5.74, 6) is 5.72. The standard InChI is InChI=1S/C45H92N2S2/c1-6-9-12-15-18-21-26-31-43(32-27-22-20-24-29-34-45-42-44(45)33-28-23-17-14-11-8-3)35-37-47(5)39-41-49-48-40-38-46(4)36-30-25-19-16-13-10-7-2/h43-45H,6-42H2,1-5H3. The van der Waals surface area contributed by atoms with Crippen LogP contribution in [0.2, 0.25) is 0 Å². The first-order chi connectivity index (χ1) is 24.1. The first-order valence-electron chi connectivity index (χ1n) is 22.7. The second-order valence-electron chi connectivity index (χ2n) is 16.6. The molecule has 0 aliphatic heterocycles. The van der Waals surface area contributed by atoms with Gasteiger partial charge in [0.2, 0.25) is 0 Å². The molecule has 0 N–H and O–H groups in total. The van der Waals surface area contributed by atoms with E-state index >= 15 is 0 Å². The minimum absolute atomic E-state index is 0.959. The molecule has 1 fully saturated rings. The largest absolute Gasteiger partial charge is 0.306 e. The Labute approximate surface area is 319 Å². The summed E-state index contributed by atoms with van der Waals surface area (Å²) in [7, 11) is 8.90. The third-order valence-corrected chi connectivity index (χ3v) is 14.0. The van der Waals surface area contributed by atoms with E-state index < -0.39 is 0 Å². The van der Waals surface area contributed by atoms with E-state index in [4.69, 9.17) is 0 Å². The number of rotatable bonds is 41. The number of hydrogen-bond donors (Lipinski definition) is 0. The fourth-order valence-corrected chi connectivity index (χ4v) is 10.0. The van der Waals surface area contributed by atoms with E-state index in [2.05, 4.69) is 66.3 Å². The first kappa shape index (κ1) is 47.6. The van der Waals surface area contributed by atoms with Crippen LogP contribution in [0.5, 0.6) is 0 Å². The van der Waals surface area contributed by atoms with Gasteiger partial charge in [-0.25, -0.2) is 0 Å². The molecule has 1 saturated carbocycles. The molecule has 0 spiro atoms. The minimum Gasteiger partial charge on any atom is -0.306 e. The Morgan fingerprint density at radius 2 is 0.776 bits per heavy atom. The molecular formula is C45H92N2S2. The molecule has 0 heterocycles. The zero-order valence-corrected chi connectivity index (χ0v) is 36.2. The first-order valence-corrected chi connectivity index (χ1v) is 25.2. The monoisotopic (exact) mass is 725 g/mol. The summed E-state index contributed by atoms with van der Waals surface area (Å²) in [6.45, 7) is 12.0. The van der Waals surface area contributed by atoms with Crippen LogP contribution in [0.4, 0.5) is 0 Å². The summed E-state index contributed by atoms with van der Waals surface area (Å²) >= 11 is 0. The van der Waals surface area contributed by atoms with Crippen molar-refractivity contribution in [3.05, 3.63) is 0 Å². The zero-order chi connectivity index (χ0) is 35.5. The molecule has 294 valence electrons. The molecule has 0 amide bonds. The van der Waals surface area contributed by atoms with Crippen LogP contribution in [0.15, 0.2) is 0 Å². The van der Waals surface area contributed by atoms with E-state index in [1.54, 1.807) is 19.3 Å². The van der Waals surface area contributed by atoms with Gasteiger partial charge < -0.3 is 9.80 Å². The fraction of sp³-hybridized carbons (Fsp3) is 1.00. The summed E-state index contributed by atoms with van der Waals surface area (Å²) in [4.78, 5) is 5.19. The highest BCUT2D eigenvalue weighted by molar-refractivity contribution is 8.76. The van der Waals surface area contributed by atoms with Gasteiger partial charge in [-0.15, -0.1) is 0 Å². The van der Waals surface area contributed by atoms with Crippen LogP contribution >= 0.6 is 21.6 Å². The van der Waals surface area contributed by atoms with Crippen molar-refractivity contribution in [2.75, 3.05) is 51.8 Å². The lowest BCUT2D eigenvalue weighted by atomic mass is 9.91. The molecule has 3 atom stereocenters. The number of unbranched alkanes of at least 4 members (excludes halogenated alkanes) is 21. The average molecular weight is 725 g/mol. The Bertz CT molecular complexity index is 646. The molecule has 3 unspecified atom stereocenters. The van der Waals surface area contributed by atoms with E-state index in [0.29, 0.717) is 0 Å². The number of nitrogens with zero attached hydrogens (tertiary/aromatic N) is 2. The quantitative estimate of drug-likeness (QED) is 0.0457. The molecule has 2 nitrogen and oxygen atoms in total. The Morgan fingerprint density at radius 1 is 0.408 bits per heavy atom. The Morgan fingerprint density at radius 3 is 1.22 bits per heavy atom. The highest BCUT2D eigenvalue weighted by Crippen LogP contribution is 2.45. The van der Waals surface area contributed by atoms with E-state index in [-0.39, 0.29) is 0 Å². The lowest BCUT2D eigenvalue weighted by Crippen LogP contribution is -2.24. The molecule has 0 aromatic carbocycles. The topological polar surface area (TPSA) is 6.48 Å². The second-order valence-corrected chi connectivity index (χ2v) is 19.3. The lowest BCUT2D eigenvalue weighted by Gasteiger charge is -2.22. The van der Waals surface area contributed by atoms with Gasteiger partial charge >= 0.3 is 0 Å². The normalized spacial score (nSPS) is 16.7. The number of hydrogen-bond acceptors (Lipinski definition) is 4. The van der Waals surface area contributed by atoms with E-state index in [1.807, 2.05) is 0 Å². The maximum atomic E-state index is 2.63. The predicted molar refractivity (Wildman–Crippen MR) is 231 cm³/mol. The third-order valence-electron chi connectivity index (χ3n) is 11.7.